The highest BCUT2D eigenvalue weighted by atomic mass is 32.1. The molecule has 0 saturated carbocycles. The van der Waals surface area contributed by atoms with Gasteiger partial charge in [-0.1, -0.05) is 39.0 Å². The second-order valence-corrected chi connectivity index (χ2v) is 20.5. The minimum Gasteiger partial charge on any atom is -0.440 e. The summed E-state index contributed by atoms with van der Waals surface area (Å²) in [6.45, 7) is 26.0. The highest BCUT2D eigenvalue weighted by molar-refractivity contribution is 7.13. The molecule has 0 saturated heterocycles. The van der Waals surface area contributed by atoms with Crippen LogP contribution >= 0.6 is 22.7 Å². The quantitative estimate of drug-likeness (QED) is 0.0863. The number of rotatable bonds is 10. The fraction of sp³-hybridized carbons (Fsp3) is 0.200. The van der Waals surface area contributed by atoms with E-state index in [0.717, 1.165) is 28.7 Å². The number of carbonyl (C=O) groups excluding carboxylic acids is 10. The van der Waals surface area contributed by atoms with Gasteiger partial charge in [-0.25, -0.2) is 29.9 Å². The summed E-state index contributed by atoms with van der Waals surface area (Å²) in [5.74, 6) is -11.0. The standard InChI is InChI=1S/C55H54N16O16S2/c1-13-30-51-69-37(27(10)86-51)48(82)60-23(6)43(77)61-24(7)50-68-36(26(9)85-50)39-29(14-15-31(62-39)44(78)59-22(5)42(76)58-21(4)41(75)57-20(3)40(56)74)54-65-34(17-88-54)46(80)67-35(25(8)73)47(81)64-32(16-19(2)72)52-70-38(28(11)87-52)49(83)71-53(84-12)55-66-33(18-89-55)45(79)63-30/h13-19,25,35,53,72-73H,3-7H2,1-2,8-12H3,(H2,56,74)(H,57,75)(H,58,76)(H,59,78)(H,60,82)(H,61,77)(H,63,79)(H,64,81)(H,67,80)(H,71,83)/b30-13-,32-16+/t19?,25-,35+,53+/m1/s1. The average molecular weight is 1260 g/mol. The molecular weight excluding hydrogens is 1200 g/mol. The van der Waals surface area contributed by atoms with Gasteiger partial charge in [0.15, 0.2) is 17.6 Å². The van der Waals surface area contributed by atoms with Crippen molar-refractivity contribution in [1.29, 1.82) is 0 Å². The maximum absolute atomic E-state index is 14.0. The Balaban J connectivity index is 1.25. The number of fused-ring (bicyclic) bond motifs is 13. The van der Waals surface area contributed by atoms with E-state index in [1.807, 2.05) is 5.32 Å². The van der Waals surface area contributed by atoms with E-state index < -0.39 is 112 Å². The molecule has 462 valence electrons. The van der Waals surface area contributed by atoms with Crippen molar-refractivity contribution < 1.29 is 76.1 Å². The number of aliphatic hydroxyl groups excluding tert-OH is 2. The molecule has 0 spiro atoms. The van der Waals surface area contributed by atoms with E-state index in [-0.39, 0.29) is 102 Å². The van der Waals surface area contributed by atoms with Crippen LogP contribution in [0.3, 0.4) is 0 Å². The van der Waals surface area contributed by atoms with Crippen molar-refractivity contribution in [3.8, 4) is 22.0 Å². The third-order valence-corrected chi connectivity index (χ3v) is 13.8. The number of aromatic nitrogens is 6. The molecule has 1 aliphatic heterocycles. The van der Waals surface area contributed by atoms with Gasteiger partial charge in [-0.15, -0.1) is 22.7 Å². The van der Waals surface area contributed by atoms with Gasteiger partial charge in [0.2, 0.25) is 23.6 Å². The fourth-order valence-electron chi connectivity index (χ4n) is 7.55. The first kappa shape index (κ1) is 65.3. The molecule has 0 aromatic carbocycles. The van der Waals surface area contributed by atoms with Crippen molar-refractivity contribution >= 4 is 98.8 Å². The number of pyridine rings is 1. The van der Waals surface area contributed by atoms with Crippen molar-refractivity contribution in [1.82, 2.24) is 77.8 Å². The molecule has 7 rings (SSSR count). The van der Waals surface area contributed by atoms with Gasteiger partial charge in [-0.3, -0.25) is 47.9 Å². The smallest absolute Gasteiger partial charge is 0.278 e. The summed E-state index contributed by atoms with van der Waals surface area (Å²) in [6, 6.07) is 0.792. The molecule has 7 heterocycles. The normalized spacial score (nSPS) is 17.0. The molecule has 34 heteroatoms. The van der Waals surface area contributed by atoms with Crippen molar-refractivity contribution in [2.45, 2.75) is 66.0 Å². The predicted molar refractivity (Wildman–Crippen MR) is 313 cm³/mol. The number of hydrogen-bond donors (Lipinski definition) is 12. The Morgan fingerprint density at radius 2 is 1.21 bits per heavy atom. The molecule has 0 fully saturated rings. The molecule has 4 atom stereocenters. The minimum atomic E-state index is -1.74. The zero-order valence-electron chi connectivity index (χ0n) is 48.0. The predicted octanol–water partition coefficient (Wildman–Crippen LogP) is 1.43. The maximum atomic E-state index is 14.0. The summed E-state index contributed by atoms with van der Waals surface area (Å²) < 4.78 is 22.9. The van der Waals surface area contributed by atoms with Gasteiger partial charge in [-0.2, -0.15) is 0 Å². The topological polar surface area (TPSA) is 471 Å². The van der Waals surface area contributed by atoms with Crippen LogP contribution in [0.25, 0.3) is 39.1 Å². The number of amides is 10. The third kappa shape index (κ3) is 15.3. The molecule has 0 aliphatic carbocycles. The maximum Gasteiger partial charge on any atom is 0.278 e. The monoisotopic (exact) mass is 1260 g/mol. The molecule has 1 aliphatic rings. The number of aliphatic hydroxyl groups is 2. The number of oxazole rings is 3. The number of carbonyl (C=O) groups is 10. The number of methoxy groups -OCH3 is 1. The summed E-state index contributed by atoms with van der Waals surface area (Å²) >= 11 is 1.81. The zero-order valence-corrected chi connectivity index (χ0v) is 49.6. The molecule has 89 heavy (non-hydrogen) atoms. The van der Waals surface area contributed by atoms with Gasteiger partial charge in [0, 0.05) is 23.4 Å². The minimum absolute atomic E-state index is 0.00301. The van der Waals surface area contributed by atoms with Crippen LogP contribution in [0.2, 0.25) is 0 Å². The van der Waals surface area contributed by atoms with Gasteiger partial charge in [0.1, 0.15) is 73.2 Å². The van der Waals surface area contributed by atoms with E-state index in [1.54, 1.807) is 6.92 Å². The summed E-state index contributed by atoms with van der Waals surface area (Å²) in [7, 11) is 1.25. The van der Waals surface area contributed by atoms with E-state index in [4.69, 9.17) is 23.7 Å². The van der Waals surface area contributed by atoms with Crippen molar-refractivity contribution in [2.24, 2.45) is 5.73 Å². The average Bonchev–Trinajstić information content (AvgIpc) is 1.77. The number of ether oxygens (including phenoxy) is 1. The second kappa shape index (κ2) is 27.4. The Labute approximate surface area is 510 Å². The van der Waals surface area contributed by atoms with Crippen LogP contribution in [0.4, 0.5) is 0 Å². The lowest BCUT2D eigenvalue weighted by Crippen LogP contribution is -2.52. The van der Waals surface area contributed by atoms with Crippen LogP contribution in [-0.2, 0) is 28.7 Å². The summed E-state index contributed by atoms with van der Waals surface area (Å²) in [6.07, 6.45) is -1.61. The Morgan fingerprint density at radius 3 is 1.83 bits per heavy atom. The Kier molecular flexibility index (Phi) is 20.2. The van der Waals surface area contributed by atoms with E-state index >= 15 is 0 Å². The number of nitrogens with two attached hydrogens (primary N) is 1. The second-order valence-electron chi connectivity index (χ2n) is 18.7. The molecule has 6 aromatic rings. The number of nitrogens with zero attached hydrogens (tertiary/aromatic N) is 6. The summed E-state index contributed by atoms with van der Waals surface area (Å²) in [4.78, 5) is 159. The molecule has 6 aromatic heterocycles. The van der Waals surface area contributed by atoms with Crippen molar-refractivity contribution in [2.75, 3.05) is 7.11 Å². The van der Waals surface area contributed by atoms with Gasteiger partial charge >= 0.3 is 0 Å². The first-order valence-electron chi connectivity index (χ1n) is 25.7. The number of allylic oxidation sites excluding steroid dienone is 1. The Morgan fingerprint density at radius 1 is 0.652 bits per heavy atom. The zero-order chi connectivity index (χ0) is 65.5. The molecule has 0 radical (unpaired) electrons. The van der Waals surface area contributed by atoms with Crippen LogP contribution in [0.1, 0.15) is 119 Å². The highest BCUT2D eigenvalue weighted by Crippen LogP contribution is 2.35. The van der Waals surface area contributed by atoms with E-state index in [1.165, 1.54) is 70.7 Å². The Hall–Kier alpha value is -11.2. The molecule has 32 nitrogen and oxygen atoms in total. The van der Waals surface area contributed by atoms with Gasteiger partial charge in [-0.05, 0) is 59.8 Å². The lowest BCUT2D eigenvalue weighted by atomic mass is 10.1. The number of thiazole rings is 2. The van der Waals surface area contributed by atoms with Crippen LogP contribution in [0.5, 0.6) is 0 Å². The summed E-state index contributed by atoms with van der Waals surface area (Å²) in [5.41, 5.74) is 0.606. The van der Waals surface area contributed by atoms with Crippen LogP contribution in [-0.4, -0.2) is 125 Å². The van der Waals surface area contributed by atoms with Crippen molar-refractivity contribution in [3.05, 3.63) is 159 Å². The SMILES string of the molecule is C=C(NC(=O)C(=C)NC(=O)C(=C)NC(=O)c1ccc2c(n1)-c1nc(oc1C)C(=C)NC(=O)C(=C)NC(=O)c1nc(oc1C)/C(=C/C)NC(=O)c1csc(n1)[C@H](OC)NC(=O)c1nc(oc1C)/C(=C\C(C)O)NC(=O)[C@H]([C@@H](C)O)NC(=O)c1csc-2n1)C(N)=O. The van der Waals surface area contributed by atoms with E-state index in [2.05, 4.69) is 105 Å². The van der Waals surface area contributed by atoms with E-state index in [9.17, 15) is 58.2 Å². The first-order chi connectivity index (χ1) is 42.0. The largest absolute Gasteiger partial charge is 0.440 e. The molecule has 13 N–H and O–H groups in total. The third-order valence-electron chi connectivity index (χ3n) is 12.0. The van der Waals surface area contributed by atoms with Crippen molar-refractivity contribution in [3.63, 3.8) is 0 Å². The molecule has 1 unspecified atom stereocenters. The lowest BCUT2D eigenvalue weighted by Gasteiger charge is -2.21. The van der Waals surface area contributed by atoms with Crippen LogP contribution in [0.15, 0.2) is 104 Å². The van der Waals surface area contributed by atoms with Gasteiger partial charge in [0.25, 0.3) is 53.2 Å². The highest BCUT2D eigenvalue weighted by Gasteiger charge is 2.33. The molecule has 10 amide bonds. The Bertz CT molecular complexity index is 4080. The van der Waals surface area contributed by atoms with Crippen LogP contribution in [0, 0.1) is 20.8 Å². The molecule has 10 bridgehead atoms. The van der Waals surface area contributed by atoms with Gasteiger partial charge in [0.05, 0.1) is 40.7 Å². The molecular formula is C55H54N16O16S2. The van der Waals surface area contributed by atoms with Crippen LogP contribution < -0.4 is 53.6 Å². The summed E-state index contributed by atoms with van der Waals surface area (Å²) in [5, 5.41) is 45.4. The van der Waals surface area contributed by atoms with Gasteiger partial charge < -0.3 is 81.8 Å². The number of hydrogen-bond acceptors (Lipinski definition) is 24. The number of nitrogens with one attached hydrogen (secondary N) is 9. The first-order valence-corrected chi connectivity index (χ1v) is 27.4. The fourth-order valence-corrected chi connectivity index (χ4v) is 9.19. The van der Waals surface area contributed by atoms with E-state index in [0.29, 0.717) is 0 Å². The number of primary amides is 1. The number of aryl methyl sites for hydroxylation is 3. The lowest BCUT2D eigenvalue weighted by molar-refractivity contribution is -0.124.